The van der Waals surface area contributed by atoms with Gasteiger partial charge in [-0.15, -0.1) is 10.2 Å². The number of hydrogen-bond donors (Lipinski definition) is 1. The number of nitrogens with zero attached hydrogens (tertiary/aromatic N) is 2. The maximum absolute atomic E-state index is 12.5. The molecule has 132 valence electrons. The van der Waals surface area contributed by atoms with Crippen molar-refractivity contribution in [3.8, 4) is 22.9 Å². The monoisotopic (exact) mass is 355 g/mol. The second-order valence-corrected chi connectivity index (χ2v) is 6.03. The number of benzene rings is 3. The van der Waals surface area contributed by atoms with Gasteiger partial charge in [-0.05, 0) is 35.9 Å². The number of hydrogen-bond acceptors (Lipinski definition) is 4. The van der Waals surface area contributed by atoms with Crippen molar-refractivity contribution >= 4 is 5.91 Å². The van der Waals surface area contributed by atoms with E-state index in [9.17, 15) is 4.79 Å². The van der Waals surface area contributed by atoms with Crippen molar-refractivity contribution < 1.29 is 9.21 Å². The highest BCUT2D eigenvalue weighted by Crippen LogP contribution is 2.24. The van der Waals surface area contributed by atoms with Crippen molar-refractivity contribution in [1.82, 2.24) is 15.5 Å². The lowest BCUT2D eigenvalue weighted by Crippen LogP contribution is -2.22. The normalized spacial score (nSPS) is 10.5. The van der Waals surface area contributed by atoms with Gasteiger partial charge in [0.05, 0.1) is 0 Å². The van der Waals surface area contributed by atoms with Crippen LogP contribution < -0.4 is 5.32 Å². The van der Waals surface area contributed by atoms with E-state index in [0.717, 1.165) is 11.1 Å². The van der Waals surface area contributed by atoms with Gasteiger partial charge in [-0.2, -0.15) is 0 Å². The first kappa shape index (κ1) is 16.7. The van der Waals surface area contributed by atoms with E-state index < -0.39 is 0 Å². The predicted octanol–water partition coefficient (Wildman–Crippen LogP) is 4.33. The van der Waals surface area contributed by atoms with Gasteiger partial charge in [-0.25, -0.2) is 0 Å². The summed E-state index contributed by atoms with van der Waals surface area (Å²) in [6, 6.07) is 26.5. The van der Waals surface area contributed by atoms with E-state index in [1.807, 2.05) is 66.7 Å². The smallest absolute Gasteiger partial charge is 0.251 e. The average molecular weight is 355 g/mol. The number of aromatic nitrogens is 2. The second-order valence-electron chi connectivity index (χ2n) is 6.03. The Hall–Kier alpha value is -3.73. The second kappa shape index (κ2) is 7.66. The molecular formula is C22H17N3O2. The van der Waals surface area contributed by atoms with Crippen LogP contribution in [0.1, 0.15) is 15.9 Å². The molecule has 4 rings (SSSR count). The highest BCUT2D eigenvalue weighted by atomic mass is 16.4. The molecule has 0 bridgehead atoms. The van der Waals surface area contributed by atoms with Gasteiger partial charge in [0, 0.05) is 23.2 Å². The van der Waals surface area contributed by atoms with Crippen LogP contribution in [0.15, 0.2) is 89.3 Å². The zero-order valence-corrected chi connectivity index (χ0v) is 14.5. The standard InChI is InChI=1S/C22H17N3O2/c26-20(23-15-16-8-3-1-4-9-16)18-12-7-13-19(14-18)22-25-24-21(27-22)17-10-5-2-6-11-17/h1-14H,15H2,(H,23,26). The summed E-state index contributed by atoms with van der Waals surface area (Å²) in [7, 11) is 0. The highest BCUT2D eigenvalue weighted by Gasteiger charge is 2.12. The third-order valence-corrected chi connectivity index (χ3v) is 4.11. The van der Waals surface area contributed by atoms with Crippen LogP contribution in [0.4, 0.5) is 0 Å². The Bertz CT molecular complexity index is 1040. The van der Waals surface area contributed by atoms with E-state index in [0.29, 0.717) is 29.5 Å². The maximum atomic E-state index is 12.5. The van der Waals surface area contributed by atoms with Gasteiger partial charge in [-0.3, -0.25) is 4.79 Å². The summed E-state index contributed by atoms with van der Waals surface area (Å²) >= 11 is 0. The molecule has 0 spiro atoms. The molecule has 0 saturated heterocycles. The van der Waals surface area contributed by atoms with Crippen molar-refractivity contribution in [1.29, 1.82) is 0 Å². The minimum Gasteiger partial charge on any atom is -0.416 e. The van der Waals surface area contributed by atoms with Crippen LogP contribution in [-0.2, 0) is 6.54 Å². The largest absolute Gasteiger partial charge is 0.416 e. The molecule has 5 nitrogen and oxygen atoms in total. The third kappa shape index (κ3) is 3.93. The Labute approximate surface area is 156 Å². The quantitative estimate of drug-likeness (QED) is 0.578. The van der Waals surface area contributed by atoms with Crippen molar-refractivity contribution in [2.45, 2.75) is 6.54 Å². The molecule has 0 radical (unpaired) electrons. The molecule has 1 amide bonds. The Balaban J connectivity index is 1.51. The zero-order chi connectivity index (χ0) is 18.5. The molecule has 0 aliphatic carbocycles. The molecule has 0 saturated carbocycles. The first-order valence-electron chi connectivity index (χ1n) is 8.61. The fourth-order valence-electron chi connectivity index (χ4n) is 2.71. The Kier molecular flexibility index (Phi) is 4.74. The topological polar surface area (TPSA) is 68.0 Å². The van der Waals surface area contributed by atoms with Crippen LogP contribution in [0.2, 0.25) is 0 Å². The molecule has 1 heterocycles. The van der Waals surface area contributed by atoms with Gasteiger partial charge in [0.1, 0.15) is 0 Å². The van der Waals surface area contributed by atoms with Gasteiger partial charge in [0.2, 0.25) is 11.8 Å². The first-order chi connectivity index (χ1) is 13.3. The molecular weight excluding hydrogens is 338 g/mol. The fourth-order valence-corrected chi connectivity index (χ4v) is 2.71. The first-order valence-corrected chi connectivity index (χ1v) is 8.61. The lowest BCUT2D eigenvalue weighted by molar-refractivity contribution is 0.0951. The minimum absolute atomic E-state index is 0.150. The van der Waals surface area contributed by atoms with Gasteiger partial charge < -0.3 is 9.73 Å². The molecule has 5 heteroatoms. The SMILES string of the molecule is O=C(NCc1ccccc1)c1cccc(-c2nnc(-c3ccccc3)o2)c1. The summed E-state index contributed by atoms with van der Waals surface area (Å²) in [6.45, 7) is 0.475. The van der Waals surface area contributed by atoms with Crippen molar-refractivity contribution in [2.24, 2.45) is 0 Å². The summed E-state index contributed by atoms with van der Waals surface area (Å²) in [5.74, 6) is 0.680. The molecule has 0 aliphatic rings. The summed E-state index contributed by atoms with van der Waals surface area (Å²) < 4.78 is 5.77. The number of amides is 1. The molecule has 0 aliphatic heterocycles. The number of carbonyl (C=O) groups is 1. The summed E-state index contributed by atoms with van der Waals surface area (Å²) in [5.41, 5.74) is 3.15. The van der Waals surface area contributed by atoms with Crippen molar-refractivity contribution in [2.75, 3.05) is 0 Å². The lowest BCUT2D eigenvalue weighted by Gasteiger charge is -2.06. The number of nitrogens with one attached hydrogen (secondary N) is 1. The van der Waals surface area contributed by atoms with E-state index in [-0.39, 0.29) is 5.91 Å². The molecule has 0 fully saturated rings. The summed E-state index contributed by atoms with van der Waals surface area (Å²) in [5, 5.41) is 11.1. The Morgan fingerprint density at radius 3 is 2.15 bits per heavy atom. The maximum Gasteiger partial charge on any atom is 0.251 e. The van der Waals surface area contributed by atoms with Gasteiger partial charge >= 0.3 is 0 Å². The summed E-state index contributed by atoms with van der Waals surface area (Å²) in [4.78, 5) is 12.5. The minimum atomic E-state index is -0.150. The van der Waals surface area contributed by atoms with E-state index in [4.69, 9.17) is 4.42 Å². The fraction of sp³-hybridized carbons (Fsp3) is 0.0455. The van der Waals surface area contributed by atoms with Crippen molar-refractivity contribution in [3.63, 3.8) is 0 Å². The predicted molar refractivity (Wildman–Crippen MR) is 103 cm³/mol. The average Bonchev–Trinajstić information content (AvgIpc) is 3.24. The van der Waals surface area contributed by atoms with E-state index >= 15 is 0 Å². The molecule has 0 atom stereocenters. The zero-order valence-electron chi connectivity index (χ0n) is 14.5. The van der Waals surface area contributed by atoms with Crippen LogP contribution in [0.25, 0.3) is 22.9 Å². The third-order valence-electron chi connectivity index (χ3n) is 4.11. The molecule has 27 heavy (non-hydrogen) atoms. The Morgan fingerprint density at radius 1 is 0.778 bits per heavy atom. The van der Waals surface area contributed by atoms with E-state index in [2.05, 4.69) is 15.5 Å². The van der Waals surface area contributed by atoms with Crippen LogP contribution in [0.3, 0.4) is 0 Å². The Morgan fingerprint density at radius 2 is 1.41 bits per heavy atom. The van der Waals surface area contributed by atoms with Crippen LogP contribution in [-0.4, -0.2) is 16.1 Å². The molecule has 0 unspecified atom stereocenters. The molecule has 1 N–H and O–H groups in total. The van der Waals surface area contributed by atoms with Gasteiger partial charge in [0.25, 0.3) is 5.91 Å². The van der Waals surface area contributed by atoms with Gasteiger partial charge in [0.15, 0.2) is 0 Å². The lowest BCUT2D eigenvalue weighted by atomic mass is 10.1. The molecule has 3 aromatic carbocycles. The van der Waals surface area contributed by atoms with Crippen LogP contribution >= 0.6 is 0 Å². The van der Waals surface area contributed by atoms with E-state index in [1.165, 1.54) is 0 Å². The van der Waals surface area contributed by atoms with Crippen molar-refractivity contribution in [3.05, 3.63) is 96.1 Å². The van der Waals surface area contributed by atoms with E-state index in [1.54, 1.807) is 18.2 Å². The number of carbonyl (C=O) groups excluding carboxylic acids is 1. The number of rotatable bonds is 5. The molecule has 1 aromatic heterocycles. The van der Waals surface area contributed by atoms with Crippen LogP contribution in [0.5, 0.6) is 0 Å². The highest BCUT2D eigenvalue weighted by molar-refractivity contribution is 5.95. The summed E-state index contributed by atoms with van der Waals surface area (Å²) in [6.07, 6.45) is 0. The molecule has 4 aromatic rings. The van der Waals surface area contributed by atoms with Gasteiger partial charge in [-0.1, -0.05) is 54.6 Å². The van der Waals surface area contributed by atoms with Crippen LogP contribution in [0, 0.1) is 0 Å².